The van der Waals surface area contributed by atoms with Crippen LogP contribution in [0.1, 0.15) is 11.5 Å². The number of carbonyl (C=O) groups is 1. The molecule has 1 amide bonds. The maximum atomic E-state index is 13.3. The first-order chi connectivity index (χ1) is 12.0. The van der Waals surface area contributed by atoms with Gasteiger partial charge in [-0.3, -0.25) is 9.48 Å². The standard InChI is InChI=1S/C16H15F2N5OS/c1-23-7-8(4-20-23)9-5-19-6-10(9)15(24)22-16-21-13-2-11(17)12(18)3-14(13)25-16/h2-4,7,9-10,19H,5-6H2,1H3,(H,21,22,24)/t9-,10+/m1/s1. The summed E-state index contributed by atoms with van der Waals surface area (Å²) in [5.41, 5.74) is 1.33. The van der Waals surface area contributed by atoms with E-state index in [0.29, 0.717) is 28.4 Å². The van der Waals surface area contributed by atoms with Crippen LogP contribution in [-0.4, -0.2) is 33.8 Å². The maximum Gasteiger partial charge on any atom is 0.231 e. The van der Waals surface area contributed by atoms with Crippen molar-refractivity contribution in [2.45, 2.75) is 5.92 Å². The molecule has 0 spiro atoms. The molecule has 6 nitrogen and oxygen atoms in total. The van der Waals surface area contributed by atoms with Gasteiger partial charge in [0.25, 0.3) is 0 Å². The van der Waals surface area contributed by atoms with Crippen molar-refractivity contribution in [3.05, 3.63) is 41.7 Å². The van der Waals surface area contributed by atoms with Gasteiger partial charge in [0.05, 0.1) is 22.3 Å². The highest BCUT2D eigenvalue weighted by Gasteiger charge is 2.35. The molecule has 25 heavy (non-hydrogen) atoms. The molecule has 130 valence electrons. The van der Waals surface area contributed by atoms with E-state index in [-0.39, 0.29) is 17.7 Å². The average molecular weight is 363 g/mol. The Balaban J connectivity index is 1.55. The van der Waals surface area contributed by atoms with Gasteiger partial charge in [-0.15, -0.1) is 0 Å². The third-order valence-electron chi connectivity index (χ3n) is 4.36. The first kappa shape index (κ1) is 16.1. The number of nitrogens with zero attached hydrogens (tertiary/aromatic N) is 3. The van der Waals surface area contributed by atoms with E-state index in [0.717, 1.165) is 29.0 Å². The number of aryl methyl sites for hydroxylation is 1. The molecule has 0 aliphatic carbocycles. The van der Waals surface area contributed by atoms with Crippen LogP contribution in [-0.2, 0) is 11.8 Å². The Kier molecular flexibility index (Phi) is 3.97. The van der Waals surface area contributed by atoms with Crippen LogP contribution < -0.4 is 10.6 Å². The van der Waals surface area contributed by atoms with Crippen molar-refractivity contribution in [2.75, 3.05) is 18.4 Å². The molecule has 1 saturated heterocycles. The lowest BCUT2D eigenvalue weighted by molar-refractivity contribution is -0.119. The monoisotopic (exact) mass is 363 g/mol. The van der Waals surface area contributed by atoms with Gasteiger partial charge in [0.1, 0.15) is 0 Å². The predicted octanol–water partition coefficient (Wildman–Crippen LogP) is 2.25. The number of halogens is 2. The van der Waals surface area contributed by atoms with Crippen LogP contribution >= 0.6 is 11.3 Å². The van der Waals surface area contributed by atoms with Crippen molar-refractivity contribution in [3.8, 4) is 0 Å². The summed E-state index contributed by atoms with van der Waals surface area (Å²) in [5.74, 6) is -2.28. The molecule has 9 heteroatoms. The van der Waals surface area contributed by atoms with E-state index in [1.165, 1.54) is 0 Å². The summed E-state index contributed by atoms with van der Waals surface area (Å²) in [6.07, 6.45) is 3.67. The Labute approximate surface area is 145 Å². The Morgan fingerprint density at radius 1 is 1.36 bits per heavy atom. The molecule has 2 atom stereocenters. The zero-order valence-corrected chi connectivity index (χ0v) is 14.1. The summed E-state index contributed by atoms with van der Waals surface area (Å²) in [6, 6.07) is 2.12. The molecule has 0 saturated carbocycles. The molecule has 1 fully saturated rings. The fourth-order valence-electron chi connectivity index (χ4n) is 3.11. The summed E-state index contributed by atoms with van der Waals surface area (Å²) in [4.78, 5) is 16.8. The van der Waals surface area contributed by atoms with Gasteiger partial charge in [0.15, 0.2) is 16.8 Å². The topological polar surface area (TPSA) is 71.8 Å². The summed E-state index contributed by atoms with van der Waals surface area (Å²) >= 11 is 1.12. The Morgan fingerprint density at radius 3 is 2.92 bits per heavy atom. The van der Waals surface area contributed by atoms with Gasteiger partial charge in [-0.25, -0.2) is 13.8 Å². The smallest absolute Gasteiger partial charge is 0.231 e. The second kappa shape index (κ2) is 6.16. The van der Waals surface area contributed by atoms with Crippen LogP contribution in [0.4, 0.5) is 13.9 Å². The zero-order chi connectivity index (χ0) is 17.6. The minimum Gasteiger partial charge on any atom is -0.315 e. The molecule has 0 bridgehead atoms. The van der Waals surface area contributed by atoms with E-state index in [2.05, 4.69) is 20.7 Å². The number of thiazole rings is 1. The van der Waals surface area contributed by atoms with Crippen LogP contribution in [0.5, 0.6) is 0 Å². The van der Waals surface area contributed by atoms with Crippen LogP contribution in [0.3, 0.4) is 0 Å². The molecule has 4 rings (SSSR count). The van der Waals surface area contributed by atoms with Gasteiger partial charge in [-0.05, 0) is 11.6 Å². The van der Waals surface area contributed by atoms with E-state index in [1.54, 1.807) is 10.9 Å². The van der Waals surface area contributed by atoms with Gasteiger partial charge in [-0.1, -0.05) is 11.3 Å². The summed E-state index contributed by atoms with van der Waals surface area (Å²) < 4.78 is 28.8. The highest BCUT2D eigenvalue weighted by molar-refractivity contribution is 7.22. The summed E-state index contributed by atoms with van der Waals surface area (Å²) in [5, 5.41) is 10.5. The molecule has 2 N–H and O–H groups in total. The number of nitrogens with one attached hydrogen (secondary N) is 2. The predicted molar refractivity (Wildman–Crippen MR) is 90.5 cm³/mol. The van der Waals surface area contributed by atoms with Crippen molar-refractivity contribution in [1.82, 2.24) is 20.1 Å². The molecule has 0 radical (unpaired) electrons. The Hall–Kier alpha value is -2.39. The molecule has 2 aromatic heterocycles. The van der Waals surface area contributed by atoms with E-state index in [4.69, 9.17) is 0 Å². The van der Waals surface area contributed by atoms with E-state index < -0.39 is 11.6 Å². The van der Waals surface area contributed by atoms with Gasteiger partial charge in [-0.2, -0.15) is 5.10 Å². The second-order valence-corrected chi connectivity index (χ2v) is 7.09. The van der Waals surface area contributed by atoms with E-state index in [1.807, 2.05) is 13.2 Å². The van der Waals surface area contributed by atoms with E-state index >= 15 is 0 Å². The first-order valence-electron chi connectivity index (χ1n) is 7.77. The SMILES string of the molecule is Cn1cc([C@H]2CNC[C@@H]2C(=O)Nc2nc3cc(F)c(F)cc3s2)cn1. The zero-order valence-electron chi connectivity index (χ0n) is 13.3. The molecular formula is C16H15F2N5OS. The second-order valence-electron chi connectivity index (χ2n) is 6.06. The molecule has 1 aliphatic heterocycles. The highest BCUT2D eigenvalue weighted by atomic mass is 32.1. The van der Waals surface area contributed by atoms with Gasteiger partial charge in [0.2, 0.25) is 5.91 Å². The maximum absolute atomic E-state index is 13.3. The summed E-state index contributed by atoms with van der Waals surface area (Å²) in [7, 11) is 1.83. The fourth-order valence-corrected chi connectivity index (χ4v) is 3.99. The van der Waals surface area contributed by atoms with Crippen LogP contribution in [0, 0.1) is 17.6 Å². The quantitative estimate of drug-likeness (QED) is 0.749. The molecule has 0 unspecified atom stereocenters. The number of amides is 1. The van der Waals surface area contributed by atoms with Gasteiger partial charge < -0.3 is 10.6 Å². The first-order valence-corrected chi connectivity index (χ1v) is 8.58. The lowest BCUT2D eigenvalue weighted by atomic mass is 9.90. The largest absolute Gasteiger partial charge is 0.315 e. The van der Waals surface area contributed by atoms with E-state index in [9.17, 15) is 13.6 Å². The van der Waals surface area contributed by atoms with Gasteiger partial charge in [0, 0.05) is 38.3 Å². The van der Waals surface area contributed by atoms with Crippen molar-refractivity contribution in [1.29, 1.82) is 0 Å². The molecule has 3 heterocycles. The normalized spacial score (nSPS) is 20.3. The Morgan fingerprint density at radius 2 is 2.16 bits per heavy atom. The number of carbonyl (C=O) groups excluding carboxylic acids is 1. The average Bonchev–Trinajstić information content (AvgIpc) is 3.26. The van der Waals surface area contributed by atoms with Crippen molar-refractivity contribution >= 4 is 32.6 Å². The molecule has 3 aromatic rings. The number of hydrogen-bond acceptors (Lipinski definition) is 5. The lowest BCUT2D eigenvalue weighted by Crippen LogP contribution is -2.27. The minimum absolute atomic E-state index is 0.0259. The lowest BCUT2D eigenvalue weighted by Gasteiger charge is -2.15. The number of anilines is 1. The number of hydrogen-bond donors (Lipinski definition) is 2. The molecule has 1 aliphatic rings. The Bertz CT molecular complexity index is 914. The summed E-state index contributed by atoms with van der Waals surface area (Å²) in [6.45, 7) is 1.25. The van der Waals surface area contributed by atoms with Crippen molar-refractivity contribution < 1.29 is 13.6 Å². The van der Waals surface area contributed by atoms with Crippen LogP contribution in [0.15, 0.2) is 24.5 Å². The van der Waals surface area contributed by atoms with Crippen molar-refractivity contribution in [3.63, 3.8) is 0 Å². The minimum atomic E-state index is -0.952. The van der Waals surface area contributed by atoms with Crippen molar-refractivity contribution in [2.24, 2.45) is 13.0 Å². The molecular weight excluding hydrogens is 348 g/mol. The highest BCUT2D eigenvalue weighted by Crippen LogP contribution is 2.31. The van der Waals surface area contributed by atoms with Gasteiger partial charge >= 0.3 is 0 Å². The fraction of sp³-hybridized carbons (Fsp3) is 0.312. The van der Waals surface area contributed by atoms with Crippen LogP contribution in [0.2, 0.25) is 0 Å². The number of benzene rings is 1. The molecule has 1 aromatic carbocycles. The third-order valence-corrected chi connectivity index (χ3v) is 5.30. The number of rotatable bonds is 3. The number of aromatic nitrogens is 3. The third kappa shape index (κ3) is 3.00. The van der Waals surface area contributed by atoms with Crippen LogP contribution in [0.25, 0.3) is 10.2 Å². The number of fused-ring (bicyclic) bond motifs is 1.